The lowest BCUT2D eigenvalue weighted by Crippen LogP contribution is -2.38. The van der Waals surface area contributed by atoms with Gasteiger partial charge in [-0.05, 0) is 12.8 Å². The molecule has 1 aromatic rings. The van der Waals surface area contributed by atoms with Crippen LogP contribution in [0, 0.1) is 20.8 Å². The molecule has 1 rings (SSSR count). The van der Waals surface area contributed by atoms with Crippen LogP contribution in [-0.2, 0) is 13.1 Å². The van der Waals surface area contributed by atoms with E-state index in [1.54, 1.807) is 0 Å². The van der Waals surface area contributed by atoms with Gasteiger partial charge in [0.1, 0.15) is 11.4 Å². The van der Waals surface area contributed by atoms with Gasteiger partial charge in [-0.15, -0.1) is 0 Å². The van der Waals surface area contributed by atoms with E-state index in [0.29, 0.717) is 0 Å². The molecule has 2 heteroatoms. The Labute approximate surface area is 100 Å². The summed E-state index contributed by atoms with van der Waals surface area (Å²) < 4.78 is 4.96. The Kier molecular flexibility index (Phi) is 5.04. The van der Waals surface area contributed by atoms with E-state index in [2.05, 4.69) is 43.8 Å². The number of aromatic nitrogens is 2. The van der Waals surface area contributed by atoms with Gasteiger partial charge in [0.25, 0.3) is 5.82 Å². The molecule has 0 saturated carbocycles. The monoisotopic (exact) mass is 223 g/mol. The van der Waals surface area contributed by atoms with Gasteiger partial charge in [-0.25, -0.2) is 9.13 Å². The molecule has 0 amide bonds. The van der Waals surface area contributed by atoms with E-state index >= 15 is 0 Å². The van der Waals surface area contributed by atoms with E-state index in [0.717, 1.165) is 0 Å². The van der Waals surface area contributed by atoms with Gasteiger partial charge in [0.2, 0.25) is 0 Å². The van der Waals surface area contributed by atoms with Crippen molar-refractivity contribution < 1.29 is 4.57 Å². The summed E-state index contributed by atoms with van der Waals surface area (Å²) in [5.74, 6) is 1.43. The quantitative estimate of drug-likeness (QED) is 0.654. The number of rotatable bonds is 6. The van der Waals surface area contributed by atoms with Crippen LogP contribution < -0.4 is 4.57 Å². The maximum absolute atomic E-state index is 2.48. The molecule has 0 aromatic carbocycles. The SMILES string of the molecule is CCCCn1c(C)c(C)[n+](CCCC)c1C. The molecule has 0 N–H and O–H groups in total. The van der Waals surface area contributed by atoms with Gasteiger partial charge in [0.15, 0.2) is 0 Å². The predicted octanol–water partition coefficient (Wildman–Crippen LogP) is 3.30. The summed E-state index contributed by atoms with van der Waals surface area (Å²) in [6.07, 6.45) is 5.10. The van der Waals surface area contributed by atoms with Crippen molar-refractivity contribution in [1.82, 2.24) is 4.57 Å². The molecule has 0 fully saturated rings. The van der Waals surface area contributed by atoms with Crippen LogP contribution in [0.4, 0.5) is 0 Å². The molecule has 1 heterocycles. The zero-order chi connectivity index (χ0) is 12.1. The van der Waals surface area contributed by atoms with Crippen molar-refractivity contribution in [3.63, 3.8) is 0 Å². The number of imidazole rings is 1. The third-order valence-electron chi connectivity index (χ3n) is 3.59. The van der Waals surface area contributed by atoms with Crippen molar-refractivity contribution in [2.45, 2.75) is 73.4 Å². The van der Waals surface area contributed by atoms with Crippen LogP contribution in [0.25, 0.3) is 0 Å². The average molecular weight is 223 g/mol. The van der Waals surface area contributed by atoms with Crippen molar-refractivity contribution in [2.75, 3.05) is 0 Å². The van der Waals surface area contributed by atoms with Crippen molar-refractivity contribution in [2.24, 2.45) is 0 Å². The molecule has 16 heavy (non-hydrogen) atoms. The van der Waals surface area contributed by atoms with Gasteiger partial charge in [0.05, 0.1) is 13.1 Å². The Morgan fingerprint density at radius 3 is 2.19 bits per heavy atom. The Morgan fingerprint density at radius 1 is 1.00 bits per heavy atom. The molecule has 0 bridgehead atoms. The summed E-state index contributed by atoms with van der Waals surface area (Å²) in [7, 11) is 0. The molecule has 2 nitrogen and oxygen atoms in total. The summed E-state index contributed by atoms with van der Waals surface area (Å²) in [6, 6.07) is 0. The molecular formula is C14H27N2+. The van der Waals surface area contributed by atoms with Crippen LogP contribution in [0.2, 0.25) is 0 Å². The van der Waals surface area contributed by atoms with Gasteiger partial charge < -0.3 is 0 Å². The van der Waals surface area contributed by atoms with Crippen LogP contribution in [-0.4, -0.2) is 4.57 Å². The van der Waals surface area contributed by atoms with Crippen LogP contribution >= 0.6 is 0 Å². The standard InChI is InChI=1S/C14H27N2/c1-6-8-10-15-12(3)13(4)16(14(15)5)11-9-7-2/h6-11H2,1-5H3/q+1. The van der Waals surface area contributed by atoms with Crippen LogP contribution in [0.3, 0.4) is 0 Å². The summed E-state index contributed by atoms with van der Waals surface area (Å²) in [5.41, 5.74) is 2.89. The largest absolute Gasteiger partial charge is 0.253 e. The molecule has 0 unspecified atom stereocenters. The molecule has 92 valence electrons. The fourth-order valence-corrected chi connectivity index (χ4v) is 2.31. The fraction of sp³-hybridized carbons (Fsp3) is 0.786. The topological polar surface area (TPSA) is 8.81 Å². The average Bonchev–Trinajstić information content (AvgIpc) is 2.47. The lowest BCUT2D eigenvalue weighted by atomic mass is 10.3. The van der Waals surface area contributed by atoms with Crippen molar-refractivity contribution >= 4 is 0 Å². The molecule has 0 radical (unpaired) electrons. The maximum Gasteiger partial charge on any atom is 0.253 e. The van der Waals surface area contributed by atoms with Crippen LogP contribution in [0.1, 0.15) is 56.7 Å². The summed E-state index contributed by atoms with van der Waals surface area (Å²) >= 11 is 0. The summed E-state index contributed by atoms with van der Waals surface area (Å²) in [6.45, 7) is 13.6. The lowest BCUT2D eigenvalue weighted by molar-refractivity contribution is -0.708. The molecule has 1 aromatic heterocycles. The van der Waals surface area contributed by atoms with E-state index in [9.17, 15) is 0 Å². The number of nitrogens with zero attached hydrogens (tertiary/aromatic N) is 2. The number of hydrogen-bond donors (Lipinski definition) is 0. The number of hydrogen-bond acceptors (Lipinski definition) is 0. The first kappa shape index (κ1) is 13.3. The molecular weight excluding hydrogens is 196 g/mol. The zero-order valence-corrected chi connectivity index (χ0v) is 11.6. The second kappa shape index (κ2) is 6.07. The fourth-order valence-electron chi connectivity index (χ4n) is 2.31. The smallest absolute Gasteiger partial charge is 0.232 e. The highest BCUT2D eigenvalue weighted by atomic mass is 15.2. The Balaban J connectivity index is 2.92. The summed E-state index contributed by atoms with van der Waals surface area (Å²) in [5, 5.41) is 0. The first-order valence-corrected chi connectivity index (χ1v) is 6.69. The molecule has 0 aliphatic heterocycles. The van der Waals surface area contributed by atoms with E-state index in [1.807, 2.05) is 0 Å². The minimum atomic E-state index is 1.17. The predicted molar refractivity (Wildman–Crippen MR) is 68.7 cm³/mol. The van der Waals surface area contributed by atoms with E-state index in [1.165, 1.54) is 56.0 Å². The molecule has 0 atom stereocenters. The van der Waals surface area contributed by atoms with Gasteiger partial charge in [-0.1, -0.05) is 26.7 Å². The lowest BCUT2D eigenvalue weighted by Gasteiger charge is -2.01. The van der Waals surface area contributed by atoms with Crippen LogP contribution in [0.15, 0.2) is 0 Å². The van der Waals surface area contributed by atoms with Gasteiger partial charge in [-0.3, -0.25) is 0 Å². The zero-order valence-electron chi connectivity index (χ0n) is 11.6. The van der Waals surface area contributed by atoms with Gasteiger partial charge in [0, 0.05) is 20.8 Å². The molecule has 0 aliphatic carbocycles. The Morgan fingerprint density at radius 2 is 1.62 bits per heavy atom. The van der Waals surface area contributed by atoms with Crippen molar-refractivity contribution in [3.05, 3.63) is 17.2 Å². The molecule has 0 saturated heterocycles. The van der Waals surface area contributed by atoms with E-state index in [4.69, 9.17) is 0 Å². The van der Waals surface area contributed by atoms with E-state index in [-0.39, 0.29) is 0 Å². The van der Waals surface area contributed by atoms with Gasteiger partial charge >= 0.3 is 0 Å². The molecule has 0 spiro atoms. The highest BCUT2D eigenvalue weighted by Gasteiger charge is 2.20. The number of unbranched alkanes of at least 4 members (excludes halogenated alkanes) is 2. The Hall–Kier alpha value is -0.790. The minimum absolute atomic E-state index is 1.17. The van der Waals surface area contributed by atoms with Crippen molar-refractivity contribution in [1.29, 1.82) is 0 Å². The summed E-state index contributed by atoms with van der Waals surface area (Å²) in [4.78, 5) is 0. The highest BCUT2D eigenvalue weighted by molar-refractivity contribution is 5.06. The second-order valence-corrected chi connectivity index (χ2v) is 4.73. The van der Waals surface area contributed by atoms with Crippen molar-refractivity contribution in [3.8, 4) is 0 Å². The first-order valence-electron chi connectivity index (χ1n) is 6.69. The van der Waals surface area contributed by atoms with Crippen LogP contribution in [0.5, 0.6) is 0 Å². The first-order chi connectivity index (χ1) is 7.63. The van der Waals surface area contributed by atoms with E-state index < -0.39 is 0 Å². The Bertz CT molecular complexity index is 305. The van der Waals surface area contributed by atoms with Gasteiger partial charge in [-0.2, -0.15) is 0 Å². The minimum Gasteiger partial charge on any atom is -0.232 e. The molecule has 0 aliphatic rings. The second-order valence-electron chi connectivity index (χ2n) is 4.73. The third-order valence-corrected chi connectivity index (χ3v) is 3.59. The highest BCUT2D eigenvalue weighted by Crippen LogP contribution is 2.10. The third kappa shape index (κ3) is 2.66. The maximum atomic E-state index is 2.48. The normalized spacial score (nSPS) is 11.1.